The lowest BCUT2D eigenvalue weighted by Crippen LogP contribution is -2.25. The van der Waals surface area contributed by atoms with Crippen LogP contribution in [0.5, 0.6) is 0 Å². The van der Waals surface area contributed by atoms with Gasteiger partial charge < -0.3 is 4.98 Å². The quantitative estimate of drug-likeness (QED) is 0.607. The Hall–Kier alpha value is -1.24. The topological polar surface area (TPSA) is 15.8 Å². The standard InChI is InChI=1S/C10H11N/c1-2-8-7-11-10-6-4-3-5-9(8)10/h2,5-7,11H,1,3-4H2. The van der Waals surface area contributed by atoms with Crippen molar-refractivity contribution in [1.82, 2.24) is 4.98 Å². The molecule has 0 aromatic carbocycles. The highest BCUT2D eigenvalue weighted by Gasteiger charge is 1.97. The van der Waals surface area contributed by atoms with Crippen LogP contribution in [0.15, 0.2) is 12.8 Å². The van der Waals surface area contributed by atoms with E-state index in [4.69, 9.17) is 0 Å². The minimum absolute atomic E-state index is 1.16. The number of fused-ring (bicyclic) bond motifs is 1. The summed E-state index contributed by atoms with van der Waals surface area (Å²) < 4.78 is 0. The monoisotopic (exact) mass is 145 g/mol. The number of nitrogens with one attached hydrogen (secondary N) is 1. The van der Waals surface area contributed by atoms with Crippen LogP contribution in [-0.4, -0.2) is 4.98 Å². The number of rotatable bonds is 1. The van der Waals surface area contributed by atoms with E-state index in [0.29, 0.717) is 0 Å². The molecule has 0 saturated heterocycles. The first-order valence-corrected chi connectivity index (χ1v) is 3.92. The summed E-state index contributed by atoms with van der Waals surface area (Å²) in [6.45, 7) is 3.76. The maximum atomic E-state index is 3.76. The molecule has 0 unspecified atom stereocenters. The molecule has 56 valence electrons. The Balaban J connectivity index is 2.83. The van der Waals surface area contributed by atoms with Crippen LogP contribution in [0, 0.1) is 0 Å². The Morgan fingerprint density at radius 2 is 2.18 bits per heavy atom. The Morgan fingerprint density at radius 1 is 1.36 bits per heavy atom. The van der Waals surface area contributed by atoms with Crippen LogP contribution in [0.1, 0.15) is 18.4 Å². The fourth-order valence-corrected chi connectivity index (χ4v) is 1.49. The number of hydrogen-bond donors (Lipinski definition) is 1. The van der Waals surface area contributed by atoms with E-state index in [1.165, 1.54) is 16.1 Å². The summed E-state index contributed by atoms with van der Waals surface area (Å²) in [7, 11) is 0. The molecule has 1 heteroatoms. The fraction of sp³-hybridized carbons (Fsp3) is 0.200. The summed E-state index contributed by atoms with van der Waals surface area (Å²) in [5.74, 6) is 0. The summed E-state index contributed by atoms with van der Waals surface area (Å²) in [6, 6.07) is 0. The lowest BCUT2D eigenvalue weighted by atomic mass is 10.1. The van der Waals surface area contributed by atoms with Gasteiger partial charge in [0.25, 0.3) is 0 Å². The van der Waals surface area contributed by atoms with E-state index in [2.05, 4.69) is 23.7 Å². The van der Waals surface area contributed by atoms with Crippen molar-refractivity contribution in [1.29, 1.82) is 0 Å². The highest BCUT2D eigenvalue weighted by atomic mass is 14.7. The number of hydrogen-bond acceptors (Lipinski definition) is 0. The van der Waals surface area contributed by atoms with E-state index in [1.54, 1.807) is 0 Å². The molecule has 0 atom stereocenters. The smallest absolute Gasteiger partial charge is 0.0416 e. The van der Waals surface area contributed by atoms with Crippen molar-refractivity contribution in [3.8, 4) is 0 Å². The molecule has 0 saturated carbocycles. The van der Waals surface area contributed by atoms with Crippen molar-refractivity contribution in [2.45, 2.75) is 12.8 Å². The molecular weight excluding hydrogens is 134 g/mol. The van der Waals surface area contributed by atoms with Gasteiger partial charge in [0.15, 0.2) is 0 Å². The van der Waals surface area contributed by atoms with Crippen molar-refractivity contribution in [3.63, 3.8) is 0 Å². The minimum atomic E-state index is 1.16. The summed E-state index contributed by atoms with van der Waals surface area (Å²) in [5, 5.41) is 2.58. The van der Waals surface area contributed by atoms with Crippen molar-refractivity contribution >= 4 is 18.2 Å². The van der Waals surface area contributed by atoms with Crippen LogP contribution in [-0.2, 0) is 0 Å². The van der Waals surface area contributed by atoms with E-state index in [1.807, 2.05) is 12.3 Å². The second-order valence-corrected chi connectivity index (χ2v) is 2.76. The molecule has 1 aliphatic rings. The first-order chi connectivity index (χ1) is 5.42. The van der Waals surface area contributed by atoms with Crippen LogP contribution in [0.25, 0.3) is 18.2 Å². The van der Waals surface area contributed by atoms with Gasteiger partial charge in [-0.25, -0.2) is 0 Å². The van der Waals surface area contributed by atoms with Gasteiger partial charge in [0.2, 0.25) is 0 Å². The molecule has 1 aromatic heterocycles. The number of aromatic nitrogens is 1. The molecule has 1 nitrogen and oxygen atoms in total. The maximum Gasteiger partial charge on any atom is 0.0416 e. The van der Waals surface area contributed by atoms with Gasteiger partial charge in [0.05, 0.1) is 0 Å². The molecule has 2 rings (SSSR count). The van der Waals surface area contributed by atoms with Crippen molar-refractivity contribution < 1.29 is 0 Å². The summed E-state index contributed by atoms with van der Waals surface area (Å²) in [4.78, 5) is 3.22. The zero-order valence-electron chi connectivity index (χ0n) is 6.43. The predicted octanol–water partition coefficient (Wildman–Crippen LogP) is 1.01. The largest absolute Gasteiger partial charge is 0.361 e. The molecule has 11 heavy (non-hydrogen) atoms. The van der Waals surface area contributed by atoms with Gasteiger partial charge >= 0.3 is 0 Å². The third-order valence-electron chi connectivity index (χ3n) is 2.07. The van der Waals surface area contributed by atoms with Gasteiger partial charge in [-0.1, -0.05) is 24.8 Å². The first kappa shape index (κ1) is 6.47. The molecule has 0 bridgehead atoms. The molecular formula is C10H11N. The molecule has 1 aliphatic carbocycles. The zero-order chi connectivity index (χ0) is 7.68. The average Bonchev–Trinajstić information content (AvgIpc) is 2.47. The SMILES string of the molecule is C=Cc1c[nH]c2c1=CCCC=2. The molecule has 1 heterocycles. The van der Waals surface area contributed by atoms with Gasteiger partial charge in [0.1, 0.15) is 0 Å². The predicted molar refractivity (Wildman–Crippen MR) is 48.3 cm³/mol. The van der Waals surface area contributed by atoms with E-state index in [0.717, 1.165) is 12.8 Å². The van der Waals surface area contributed by atoms with Crippen LogP contribution in [0.4, 0.5) is 0 Å². The van der Waals surface area contributed by atoms with Gasteiger partial charge in [0, 0.05) is 16.8 Å². The van der Waals surface area contributed by atoms with Gasteiger partial charge in [-0.2, -0.15) is 0 Å². The second kappa shape index (κ2) is 2.42. The third kappa shape index (κ3) is 0.929. The molecule has 0 fully saturated rings. The number of H-pyrrole nitrogens is 1. The summed E-state index contributed by atoms with van der Waals surface area (Å²) in [6.07, 6.45) is 10.7. The zero-order valence-corrected chi connectivity index (χ0v) is 6.43. The van der Waals surface area contributed by atoms with E-state index >= 15 is 0 Å². The Morgan fingerprint density at radius 3 is 3.00 bits per heavy atom. The van der Waals surface area contributed by atoms with Crippen molar-refractivity contribution in [2.75, 3.05) is 0 Å². The third-order valence-corrected chi connectivity index (χ3v) is 2.07. The Labute approximate surface area is 65.8 Å². The Kier molecular flexibility index (Phi) is 1.42. The van der Waals surface area contributed by atoms with Gasteiger partial charge in [-0.3, -0.25) is 0 Å². The molecule has 1 aromatic rings. The highest BCUT2D eigenvalue weighted by molar-refractivity contribution is 5.52. The van der Waals surface area contributed by atoms with E-state index in [-0.39, 0.29) is 0 Å². The second-order valence-electron chi connectivity index (χ2n) is 2.76. The van der Waals surface area contributed by atoms with Crippen LogP contribution in [0.2, 0.25) is 0 Å². The van der Waals surface area contributed by atoms with E-state index < -0.39 is 0 Å². The summed E-state index contributed by atoms with van der Waals surface area (Å²) >= 11 is 0. The lowest BCUT2D eigenvalue weighted by Gasteiger charge is -1.93. The fourth-order valence-electron chi connectivity index (χ4n) is 1.49. The lowest BCUT2D eigenvalue weighted by molar-refractivity contribution is 1.10. The highest BCUT2D eigenvalue weighted by Crippen LogP contribution is 1.97. The van der Waals surface area contributed by atoms with Crippen LogP contribution >= 0.6 is 0 Å². The van der Waals surface area contributed by atoms with E-state index in [9.17, 15) is 0 Å². The van der Waals surface area contributed by atoms with Crippen molar-refractivity contribution in [3.05, 3.63) is 28.9 Å². The molecule has 0 amide bonds. The Bertz CT molecular complexity index is 381. The van der Waals surface area contributed by atoms with Gasteiger partial charge in [-0.15, -0.1) is 0 Å². The van der Waals surface area contributed by atoms with Crippen molar-refractivity contribution in [2.24, 2.45) is 0 Å². The normalized spacial score (nSPS) is 14.5. The molecule has 0 aliphatic heterocycles. The minimum Gasteiger partial charge on any atom is -0.361 e. The van der Waals surface area contributed by atoms with Crippen LogP contribution < -0.4 is 10.6 Å². The number of aromatic amines is 1. The average molecular weight is 145 g/mol. The molecule has 0 radical (unpaired) electrons. The molecule has 1 N–H and O–H groups in total. The maximum absolute atomic E-state index is 3.76. The van der Waals surface area contributed by atoms with Crippen LogP contribution in [0.3, 0.4) is 0 Å². The van der Waals surface area contributed by atoms with Gasteiger partial charge in [-0.05, 0) is 18.4 Å². The first-order valence-electron chi connectivity index (χ1n) is 3.92. The molecule has 0 spiro atoms. The summed E-state index contributed by atoms with van der Waals surface area (Å²) in [5.41, 5.74) is 1.22.